The summed E-state index contributed by atoms with van der Waals surface area (Å²) in [4.78, 5) is 5.86. The minimum atomic E-state index is -0.833. The molecule has 3 heterocycles. The van der Waals surface area contributed by atoms with Gasteiger partial charge >= 0.3 is 0 Å². The summed E-state index contributed by atoms with van der Waals surface area (Å²) < 4.78 is 7.85. The van der Waals surface area contributed by atoms with Crippen LogP contribution in [0.25, 0.3) is 0 Å². The fraction of sp³-hybridized carbons (Fsp3) is 0.627. The second kappa shape index (κ2) is 13.9. The smallest absolute Gasteiger partial charge is 0.297 e. The largest absolute Gasteiger partial charge is 0.472 e. The maximum atomic E-state index is 7.85. The van der Waals surface area contributed by atoms with E-state index in [9.17, 15) is 0 Å². The van der Waals surface area contributed by atoms with Gasteiger partial charge in [0.15, 0.2) is 0 Å². The van der Waals surface area contributed by atoms with Gasteiger partial charge in [0.2, 0.25) is 0 Å². The van der Waals surface area contributed by atoms with Gasteiger partial charge in [-0.1, -0.05) is 152 Å². The van der Waals surface area contributed by atoms with E-state index in [1.165, 1.54) is 100 Å². The number of allylic oxidation sites excluding steroid dienone is 5. The summed E-state index contributed by atoms with van der Waals surface area (Å²) in [5.41, 5.74) is 23.4. The summed E-state index contributed by atoms with van der Waals surface area (Å²) in [5, 5.41) is 1.60. The molecule has 0 saturated carbocycles. The Morgan fingerprint density at radius 2 is 1.27 bits per heavy atom. The second-order valence-corrected chi connectivity index (χ2v) is 29.8. The Kier molecular flexibility index (Phi) is 9.73. The van der Waals surface area contributed by atoms with Gasteiger partial charge in [0.25, 0.3) is 6.71 Å². The second-order valence-electron chi connectivity index (χ2n) is 27.2. The number of anilines is 4. The van der Waals surface area contributed by atoms with E-state index in [0.29, 0.717) is 6.04 Å². The average molecular weight is 874 g/mol. The summed E-state index contributed by atoms with van der Waals surface area (Å²) in [5.74, 6) is 1.24. The van der Waals surface area contributed by atoms with Crippen molar-refractivity contribution >= 4 is 54.8 Å². The van der Waals surface area contributed by atoms with Gasteiger partial charge in [-0.15, -0.1) is 0 Å². The highest BCUT2D eigenvalue weighted by Gasteiger charge is 2.55. The topological polar surface area (TPSA) is 19.6 Å². The molecular formula is C59H82BN2OSi. The quantitative estimate of drug-likeness (QED) is 0.193. The Bertz CT molecular complexity index is 2590. The van der Waals surface area contributed by atoms with Crippen molar-refractivity contribution in [1.29, 1.82) is 0 Å². The van der Waals surface area contributed by atoms with Crippen LogP contribution >= 0.6 is 0 Å². The van der Waals surface area contributed by atoms with E-state index < -0.39 is 8.80 Å². The van der Waals surface area contributed by atoms with E-state index in [1.807, 2.05) is 0 Å². The minimum absolute atomic E-state index is 0.0160. The molecule has 5 aliphatic carbocycles. The SMILES string of the molecule is Cc1cc2c3c(c1)N(C1CCC4=C(C1)C(C)(C)CCC4(C)C)c1c(ccc4c1C(C)(C)CCC4(C)C)B3c1oc3c(c1N2C1=C([Si](C)C)C=C(C(C)(C)C)CC1)C(C)(C)CCC3(C)C. The van der Waals surface area contributed by atoms with E-state index >= 15 is 0 Å². The van der Waals surface area contributed by atoms with E-state index in [0.717, 1.165) is 32.1 Å². The molecule has 2 aliphatic heterocycles. The first-order valence-electron chi connectivity index (χ1n) is 25.6. The molecule has 3 aromatic rings. The molecule has 7 aliphatic rings. The monoisotopic (exact) mass is 874 g/mol. The number of fused-ring (bicyclic) bond motifs is 8. The lowest BCUT2D eigenvalue weighted by Gasteiger charge is -2.53. The lowest BCUT2D eigenvalue weighted by molar-refractivity contribution is 0.231. The van der Waals surface area contributed by atoms with E-state index in [1.54, 1.807) is 33.0 Å². The fourth-order valence-corrected chi connectivity index (χ4v) is 15.6. The number of furan rings is 1. The van der Waals surface area contributed by atoms with Gasteiger partial charge in [0, 0.05) is 39.8 Å². The zero-order valence-electron chi connectivity index (χ0n) is 43.6. The number of rotatable bonds is 3. The molecule has 0 bridgehead atoms. The van der Waals surface area contributed by atoms with Crippen LogP contribution in [0.1, 0.15) is 202 Å². The first kappa shape index (κ1) is 44.6. The van der Waals surface area contributed by atoms with Crippen LogP contribution in [0.4, 0.5) is 22.7 Å². The van der Waals surface area contributed by atoms with Gasteiger partial charge in [-0.3, -0.25) is 0 Å². The van der Waals surface area contributed by atoms with Gasteiger partial charge < -0.3 is 14.2 Å². The molecule has 64 heavy (non-hydrogen) atoms. The van der Waals surface area contributed by atoms with Crippen LogP contribution in [0.3, 0.4) is 0 Å². The summed E-state index contributed by atoms with van der Waals surface area (Å²) in [6.07, 6.45) is 15.6. The zero-order chi connectivity index (χ0) is 46.2. The van der Waals surface area contributed by atoms with Crippen molar-refractivity contribution in [3.05, 3.63) is 86.0 Å². The van der Waals surface area contributed by atoms with Crippen molar-refractivity contribution in [2.45, 2.75) is 222 Å². The molecule has 1 atom stereocenters. The molecule has 10 rings (SSSR count). The number of benzene rings is 2. The van der Waals surface area contributed by atoms with Crippen LogP contribution in [-0.4, -0.2) is 21.6 Å². The van der Waals surface area contributed by atoms with E-state index in [4.69, 9.17) is 4.42 Å². The average Bonchev–Trinajstić information content (AvgIpc) is 3.62. The van der Waals surface area contributed by atoms with Crippen LogP contribution in [-0.2, 0) is 21.7 Å². The highest BCUT2D eigenvalue weighted by atomic mass is 28.3. The lowest BCUT2D eigenvalue weighted by Crippen LogP contribution is -2.64. The Hall–Kier alpha value is -3.18. The molecule has 0 N–H and O–H groups in total. The Labute approximate surface area is 391 Å². The first-order valence-corrected chi connectivity index (χ1v) is 28.1. The fourth-order valence-electron chi connectivity index (χ4n) is 14.3. The molecule has 1 unspecified atom stereocenters. The lowest BCUT2D eigenvalue weighted by atomic mass is 9.34. The van der Waals surface area contributed by atoms with Gasteiger partial charge in [-0.2, -0.15) is 0 Å². The van der Waals surface area contributed by atoms with Gasteiger partial charge in [0.1, 0.15) is 5.76 Å². The van der Waals surface area contributed by atoms with Crippen molar-refractivity contribution in [1.82, 2.24) is 0 Å². The summed E-state index contributed by atoms with van der Waals surface area (Å²) in [6, 6.07) is 10.8. The maximum Gasteiger partial charge on any atom is 0.297 e. The molecule has 1 radical (unpaired) electrons. The van der Waals surface area contributed by atoms with Crippen molar-refractivity contribution in [2.75, 3.05) is 9.80 Å². The normalized spacial score (nSPS) is 25.6. The maximum absolute atomic E-state index is 7.85. The number of hydrogen-bond donors (Lipinski definition) is 0. The highest BCUT2D eigenvalue weighted by Crippen LogP contribution is 2.59. The molecule has 0 saturated heterocycles. The Morgan fingerprint density at radius 3 is 1.92 bits per heavy atom. The van der Waals surface area contributed by atoms with E-state index in [-0.39, 0.29) is 44.6 Å². The van der Waals surface area contributed by atoms with Gasteiger partial charge in [-0.25, -0.2) is 0 Å². The molecule has 3 nitrogen and oxygen atoms in total. The molecule has 0 fully saturated rings. The zero-order valence-corrected chi connectivity index (χ0v) is 44.6. The molecule has 1 aromatic heterocycles. The molecule has 341 valence electrons. The molecular weight excluding hydrogens is 792 g/mol. The third-order valence-electron chi connectivity index (χ3n) is 18.6. The van der Waals surface area contributed by atoms with Crippen LogP contribution in [0.2, 0.25) is 13.1 Å². The van der Waals surface area contributed by atoms with Gasteiger partial charge in [-0.05, 0) is 155 Å². The third kappa shape index (κ3) is 6.43. The van der Waals surface area contributed by atoms with Crippen molar-refractivity contribution < 1.29 is 4.42 Å². The third-order valence-corrected chi connectivity index (χ3v) is 20.1. The Morgan fingerprint density at radius 1 is 0.672 bits per heavy atom. The first-order chi connectivity index (χ1) is 29.6. The molecule has 0 spiro atoms. The van der Waals surface area contributed by atoms with Crippen molar-refractivity contribution in [3.8, 4) is 0 Å². The van der Waals surface area contributed by atoms with E-state index in [2.05, 4.69) is 164 Å². The number of hydrogen-bond acceptors (Lipinski definition) is 3. The number of nitrogens with zero attached hydrogens (tertiary/aromatic N) is 2. The number of aryl methyl sites for hydroxylation is 1. The van der Waals surface area contributed by atoms with Crippen LogP contribution < -0.4 is 26.4 Å². The van der Waals surface area contributed by atoms with Gasteiger partial charge in [0.05, 0.1) is 20.1 Å². The molecule has 2 aromatic carbocycles. The highest BCUT2D eigenvalue weighted by molar-refractivity contribution is 6.99. The summed E-state index contributed by atoms with van der Waals surface area (Å²) in [7, 11) is -0.833. The van der Waals surface area contributed by atoms with Crippen LogP contribution in [0.15, 0.2) is 62.4 Å². The molecule has 5 heteroatoms. The summed E-state index contributed by atoms with van der Waals surface area (Å²) in [6.45, 7) is 45.1. The van der Waals surface area contributed by atoms with Crippen LogP contribution in [0.5, 0.6) is 0 Å². The summed E-state index contributed by atoms with van der Waals surface area (Å²) >= 11 is 0. The Balaban J connectivity index is 1.33. The standard InChI is InChI=1S/C59H82BN2OSi/c1-35-31-43-48-44(32-35)62(42-24-19-36(53(2,3)4)33-45(42)64(17)18)50-47-51(59(15,16)30-29-58(47,13)14)63-52(50)60(48)41-23-22-39-46(57(11,12)28-27-55(39,7)8)49(41)61(43)37-20-21-38-40(34-37)56(9,10)26-25-54(38,5)6/h22-23,31-33,37H,19-21,24-30,34H2,1-18H3. The van der Waals surface area contributed by atoms with Crippen molar-refractivity contribution in [3.63, 3.8) is 0 Å². The van der Waals surface area contributed by atoms with Crippen molar-refractivity contribution in [2.24, 2.45) is 16.2 Å². The predicted molar refractivity (Wildman–Crippen MR) is 279 cm³/mol. The predicted octanol–water partition coefficient (Wildman–Crippen LogP) is 14.7. The molecule has 0 amide bonds. The minimum Gasteiger partial charge on any atom is -0.472 e. The van der Waals surface area contributed by atoms with Crippen LogP contribution in [0, 0.1) is 23.2 Å².